The number of aromatic amines is 1. The van der Waals surface area contributed by atoms with Gasteiger partial charge in [-0.1, -0.05) is 36.4 Å². The molecule has 1 atom stereocenters. The summed E-state index contributed by atoms with van der Waals surface area (Å²) in [4.78, 5) is 15.0. The van der Waals surface area contributed by atoms with Gasteiger partial charge in [-0.25, -0.2) is 4.79 Å². The molecule has 6 nitrogen and oxygen atoms in total. The summed E-state index contributed by atoms with van der Waals surface area (Å²) in [5.41, 5.74) is 1.59. The average molecular weight is 342 g/mol. The highest BCUT2D eigenvalue weighted by atomic mass is 32.1. The van der Waals surface area contributed by atoms with Crippen molar-refractivity contribution in [2.75, 3.05) is 11.9 Å². The van der Waals surface area contributed by atoms with E-state index in [0.29, 0.717) is 12.2 Å². The topological polar surface area (TPSA) is 81.2 Å². The van der Waals surface area contributed by atoms with Crippen LogP contribution in [0.4, 0.5) is 10.5 Å². The van der Waals surface area contributed by atoms with E-state index in [2.05, 4.69) is 15.5 Å². The molecule has 3 aromatic rings. The zero-order valence-corrected chi connectivity index (χ0v) is 13.7. The first kappa shape index (κ1) is 16.2. The molecule has 0 aliphatic rings. The van der Waals surface area contributed by atoms with Gasteiger partial charge in [-0.2, -0.15) is 5.10 Å². The third-order valence-electron chi connectivity index (χ3n) is 3.52. The minimum Gasteiger partial charge on any atom is -0.386 e. The summed E-state index contributed by atoms with van der Waals surface area (Å²) >= 11 is 1.47. The first-order valence-corrected chi connectivity index (χ1v) is 8.40. The normalized spacial score (nSPS) is 11.9. The van der Waals surface area contributed by atoms with Crippen molar-refractivity contribution in [3.05, 3.63) is 70.7 Å². The molecule has 2 amide bonds. The number of aliphatic hydroxyl groups excluding tert-OH is 1. The van der Waals surface area contributed by atoms with Gasteiger partial charge < -0.3 is 15.3 Å². The summed E-state index contributed by atoms with van der Waals surface area (Å²) in [6.45, 7) is 0.617. The minimum absolute atomic E-state index is 0.207. The van der Waals surface area contributed by atoms with Crippen LogP contribution >= 0.6 is 11.3 Å². The predicted octanol–water partition coefficient (Wildman–Crippen LogP) is 3.24. The first-order valence-electron chi connectivity index (χ1n) is 7.52. The second-order valence-electron chi connectivity index (χ2n) is 5.31. The lowest BCUT2D eigenvalue weighted by Crippen LogP contribution is -2.37. The van der Waals surface area contributed by atoms with Crippen LogP contribution in [-0.4, -0.2) is 32.8 Å². The molecule has 0 bridgehead atoms. The van der Waals surface area contributed by atoms with Crippen LogP contribution in [0.1, 0.15) is 16.5 Å². The molecule has 3 rings (SSSR count). The molecule has 0 aliphatic carbocycles. The van der Waals surface area contributed by atoms with E-state index in [1.54, 1.807) is 11.1 Å². The van der Waals surface area contributed by atoms with E-state index >= 15 is 0 Å². The van der Waals surface area contributed by atoms with Gasteiger partial charge in [-0.15, -0.1) is 11.3 Å². The Hall–Kier alpha value is -2.64. The fourth-order valence-corrected chi connectivity index (χ4v) is 3.03. The molecule has 7 heteroatoms. The molecule has 1 aromatic carbocycles. The summed E-state index contributed by atoms with van der Waals surface area (Å²) in [5, 5.41) is 21.6. The fourth-order valence-electron chi connectivity index (χ4n) is 2.32. The van der Waals surface area contributed by atoms with Crippen LogP contribution in [0.3, 0.4) is 0 Å². The lowest BCUT2D eigenvalue weighted by Gasteiger charge is -2.25. The van der Waals surface area contributed by atoms with Crippen molar-refractivity contribution in [3.63, 3.8) is 0 Å². The molecule has 0 saturated carbocycles. The van der Waals surface area contributed by atoms with Crippen LogP contribution in [0.25, 0.3) is 0 Å². The van der Waals surface area contributed by atoms with Gasteiger partial charge in [0.05, 0.1) is 18.4 Å². The van der Waals surface area contributed by atoms with E-state index in [4.69, 9.17) is 0 Å². The average Bonchev–Trinajstić information content (AvgIpc) is 3.29. The molecule has 0 saturated heterocycles. The number of hydrogen-bond acceptors (Lipinski definition) is 4. The van der Waals surface area contributed by atoms with Crippen molar-refractivity contribution >= 4 is 23.1 Å². The van der Waals surface area contributed by atoms with E-state index in [0.717, 1.165) is 10.4 Å². The SMILES string of the molecule is O=C(Nc1cn[nH]c1)N(Cc1ccccc1)C[C@H](O)c1cccs1. The van der Waals surface area contributed by atoms with E-state index < -0.39 is 6.10 Å². The Bertz CT molecular complexity index is 744. The number of H-pyrrole nitrogens is 1. The number of carbonyl (C=O) groups is 1. The van der Waals surface area contributed by atoms with E-state index in [9.17, 15) is 9.90 Å². The number of amides is 2. The number of aromatic nitrogens is 2. The van der Waals surface area contributed by atoms with Gasteiger partial charge in [-0.3, -0.25) is 5.10 Å². The second kappa shape index (κ2) is 7.76. The molecule has 3 N–H and O–H groups in total. The van der Waals surface area contributed by atoms with Crippen LogP contribution in [0.15, 0.2) is 60.2 Å². The molecule has 0 radical (unpaired) electrons. The Morgan fingerprint density at radius 1 is 1.29 bits per heavy atom. The maximum Gasteiger partial charge on any atom is 0.322 e. The van der Waals surface area contributed by atoms with Gasteiger partial charge in [0.15, 0.2) is 0 Å². The predicted molar refractivity (Wildman–Crippen MR) is 93.7 cm³/mol. The quantitative estimate of drug-likeness (QED) is 0.643. The van der Waals surface area contributed by atoms with Crippen LogP contribution < -0.4 is 5.32 Å². The maximum atomic E-state index is 12.6. The van der Waals surface area contributed by atoms with Crippen molar-refractivity contribution in [2.45, 2.75) is 12.6 Å². The summed E-state index contributed by atoms with van der Waals surface area (Å²) in [6.07, 6.45) is 2.42. The third kappa shape index (κ3) is 4.21. The molecule has 24 heavy (non-hydrogen) atoms. The molecular weight excluding hydrogens is 324 g/mol. The van der Waals surface area contributed by atoms with Gasteiger partial charge in [0, 0.05) is 17.6 Å². The van der Waals surface area contributed by atoms with Crippen LogP contribution in [-0.2, 0) is 6.54 Å². The number of thiophene rings is 1. The smallest absolute Gasteiger partial charge is 0.322 e. The van der Waals surface area contributed by atoms with Gasteiger partial charge in [0.2, 0.25) is 0 Å². The zero-order valence-electron chi connectivity index (χ0n) is 12.9. The van der Waals surface area contributed by atoms with Crippen molar-refractivity contribution in [2.24, 2.45) is 0 Å². The third-order valence-corrected chi connectivity index (χ3v) is 4.49. The highest BCUT2D eigenvalue weighted by Gasteiger charge is 2.20. The fraction of sp³-hybridized carbons (Fsp3) is 0.176. The van der Waals surface area contributed by atoms with Gasteiger partial charge in [-0.05, 0) is 17.0 Å². The Kier molecular flexibility index (Phi) is 5.25. The highest BCUT2D eigenvalue weighted by Crippen LogP contribution is 2.21. The largest absolute Gasteiger partial charge is 0.386 e. The number of nitrogens with zero attached hydrogens (tertiary/aromatic N) is 2. The Balaban J connectivity index is 1.73. The van der Waals surface area contributed by atoms with Gasteiger partial charge >= 0.3 is 6.03 Å². The Morgan fingerprint density at radius 3 is 2.79 bits per heavy atom. The number of urea groups is 1. The van der Waals surface area contributed by atoms with Gasteiger partial charge in [0.1, 0.15) is 6.10 Å². The maximum absolute atomic E-state index is 12.6. The summed E-state index contributed by atoms with van der Waals surface area (Å²) < 4.78 is 0. The number of anilines is 1. The minimum atomic E-state index is -0.719. The van der Waals surface area contributed by atoms with E-state index in [-0.39, 0.29) is 12.6 Å². The van der Waals surface area contributed by atoms with Gasteiger partial charge in [0.25, 0.3) is 0 Å². The molecule has 0 spiro atoms. The van der Waals surface area contributed by atoms with Crippen LogP contribution in [0, 0.1) is 0 Å². The van der Waals surface area contributed by atoms with Crippen molar-refractivity contribution in [1.29, 1.82) is 0 Å². The number of nitrogens with one attached hydrogen (secondary N) is 2. The highest BCUT2D eigenvalue weighted by molar-refractivity contribution is 7.10. The van der Waals surface area contributed by atoms with E-state index in [1.807, 2.05) is 47.8 Å². The number of rotatable bonds is 6. The van der Waals surface area contributed by atoms with Crippen molar-refractivity contribution < 1.29 is 9.90 Å². The molecule has 2 aromatic heterocycles. The lowest BCUT2D eigenvalue weighted by molar-refractivity contribution is 0.126. The zero-order chi connectivity index (χ0) is 16.8. The standard InChI is InChI=1S/C17H18N4O2S/c22-15(16-7-4-8-24-16)12-21(11-13-5-2-1-3-6-13)17(23)20-14-9-18-19-10-14/h1-10,15,22H,11-12H2,(H,18,19)(H,20,23)/t15-/m0/s1. The van der Waals surface area contributed by atoms with Crippen molar-refractivity contribution in [3.8, 4) is 0 Å². The molecular formula is C17H18N4O2S. The molecule has 0 unspecified atom stereocenters. The van der Waals surface area contributed by atoms with Crippen LogP contribution in [0.5, 0.6) is 0 Å². The van der Waals surface area contributed by atoms with Crippen LogP contribution in [0.2, 0.25) is 0 Å². The Labute approximate surface area is 143 Å². The lowest BCUT2D eigenvalue weighted by atomic mass is 10.2. The number of carbonyl (C=O) groups excluding carboxylic acids is 1. The number of benzene rings is 1. The molecule has 0 aliphatic heterocycles. The Morgan fingerprint density at radius 2 is 2.12 bits per heavy atom. The molecule has 0 fully saturated rings. The molecule has 124 valence electrons. The summed E-state index contributed by atoms with van der Waals surface area (Å²) in [5.74, 6) is 0. The summed E-state index contributed by atoms with van der Waals surface area (Å²) in [7, 11) is 0. The monoisotopic (exact) mass is 342 g/mol. The summed E-state index contributed by atoms with van der Waals surface area (Å²) in [6, 6.07) is 13.2. The second-order valence-corrected chi connectivity index (χ2v) is 6.29. The number of aliphatic hydroxyl groups is 1. The first-order chi connectivity index (χ1) is 11.7. The van der Waals surface area contributed by atoms with E-state index in [1.165, 1.54) is 17.5 Å². The molecule has 2 heterocycles. The van der Waals surface area contributed by atoms with Crippen molar-refractivity contribution in [1.82, 2.24) is 15.1 Å². The number of hydrogen-bond donors (Lipinski definition) is 3.